The van der Waals surface area contributed by atoms with Crippen molar-refractivity contribution in [2.75, 3.05) is 26.8 Å². The molecular weight excluding hydrogens is 436 g/mol. The number of hydrogen-bond donors (Lipinski definition) is 1. The Morgan fingerprint density at radius 3 is 2.91 bits per heavy atom. The number of carbonyl (C=O) groups excluding carboxylic acids is 1. The lowest BCUT2D eigenvalue weighted by Crippen LogP contribution is -2.46. The molecular formula is C27H31ClN2O3. The van der Waals surface area contributed by atoms with Crippen molar-refractivity contribution >= 4 is 28.9 Å². The Morgan fingerprint density at radius 2 is 2.09 bits per heavy atom. The minimum Gasteiger partial charge on any atom is -0.385 e. The summed E-state index contributed by atoms with van der Waals surface area (Å²) in [7, 11) is 1.69. The average Bonchev–Trinajstić information content (AvgIpc) is 2.86. The van der Waals surface area contributed by atoms with Gasteiger partial charge in [-0.2, -0.15) is 0 Å². The molecule has 1 aliphatic heterocycles. The highest BCUT2D eigenvalue weighted by molar-refractivity contribution is 6.33. The van der Waals surface area contributed by atoms with Gasteiger partial charge >= 0.3 is 0 Å². The number of nitrogens with zero attached hydrogens (tertiary/aromatic N) is 2. The Morgan fingerprint density at radius 1 is 1.24 bits per heavy atom. The van der Waals surface area contributed by atoms with E-state index < -0.39 is 5.60 Å². The maximum Gasteiger partial charge on any atom is 0.209 e. The summed E-state index contributed by atoms with van der Waals surface area (Å²) in [5.74, 6) is -0.0790. The molecule has 2 heterocycles. The van der Waals surface area contributed by atoms with Gasteiger partial charge in [-0.25, -0.2) is 0 Å². The standard InChI is InChI=1S/C27H31ClN2O3/c1-33-15-5-4-13-27(32,22-9-7-14-30(18-22)19-31)23-10-6-11-24(28)26(23)21-16-20-8-2-3-12-25(20)29-17-21/h2-3,6,8,10-12,16-17,19,22,32H,4-5,7,9,13-15,18H2,1H3/t22-,27+/m1/s1. The molecule has 1 amide bonds. The minimum atomic E-state index is -1.12. The first-order chi connectivity index (χ1) is 16.1. The van der Waals surface area contributed by atoms with E-state index >= 15 is 0 Å². The molecule has 1 N–H and O–H groups in total. The predicted molar refractivity (Wildman–Crippen MR) is 132 cm³/mol. The van der Waals surface area contributed by atoms with E-state index in [1.165, 1.54) is 0 Å². The summed E-state index contributed by atoms with van der Waals surface area (Å²) in [6.07, 6.45) is 6.69. The lowest BCUT2D eigenvalue weighted by Gasteiger charge is -2.43. The van der Waals surface area contributed by atoms with Gasteiger partial charge in [-0.15, -0.1) is 0 Å². The Balaban J connectivity index is 1.80. The fourth-order valence-electron chi connectivity index (χ4n) is 5.08. The second kappa shape index (κ2) is 10.6. The van der Waals surface area contributed by atoms with Crippen LogP contribution >= 0.6 is 11.6 Å². The molecule has 3 aromatic rings. The number of amides is 1. The minimum absolute atomic E-state index is 0.0790. The highest BCUT2D eigenvalue weighted by atomic mass is 35.5. The zero-order valence-corrected chi connectivity index (χ0v) is 19.8. The zero-order valence-electron chi connectivity index (χ0n) is 19.0. The van der Waals surface area contributed by atoms with Gasteiger partial charge in [0.05, 0.1) is 11.1 Å². The monoisotopic (exact) mass is 466 g/mol. The summed E-state index contributed by atoms with van der Waals surface area (Å²) >= 11 is 6.77. The van der Waals surface area contributed by atoms with E-state index in [4.69, 9.17) is 16.3 Å². The molecule has 1 fully saturated rings. The number of likely N-dealkylation sites (tertiary alicyclic amines) is 1. The predicted octanol–water partition coefficient (Wildman–Crippen LogP) is 5.43. The van der Waals surface area contributed by atoms with E-state index in [1.54, 1.807) is 12.0 Å². The number of methoxy groups -OCH3 is 1. The van der Waals surface area contributed by atoms with Crippen LogP contribution in [0.5, 0.6) is 0 Å². The van der Waals surface area contributed by atoms with Crippen LogP contribution in [0.3, 0.4) is 0 Å². The molecule has 0 radical (unpaired) electrons. The normalized spacial score (nSPS) is 18.3. The summed E-state index contributed by atoms with van der Waals surface area (Å²) in [5, 5.41) is 13.9. The molecule has 0 spiro atoms. The number of unbranched alkanes of at least 4 members (excludes halogenated alkanes) is 1. The molecule has 1 saturated heterocycles. The van der Waals surface area contributed by atoms with E-state index in [1.807, 2.05) is 48.7 Å². The maximum atomic E-state index is 12.3. The van der Waals surface area contributed by atoms with E-state index in [9.17, 15) is 9.90 Å². The van der Waals surface area contributed by atoms with Crippen LogP contribution in [0, 0.1) is 5.92 Å². The van der Waals surface area contributed by atoms with Crippen LogP contribution in [0.25, 0.3) is 22.0 Å². The van der Waals surface area contributed by atoms with Crippen molar-refractivity contribution in [3.05, 3.63) is 65.3 Å². The van der Waals surface area contributed by atoms with Crippen LogP contribution in [0.4, 0.5) is 0 Å². The number of aliphatic hydroxyl groups is 1. The molecule has 33 heavy (non-hydrogen) atoms. The maximum absolute atomic E-state index is 12.3. The summed E-state index contributed by atoms with van der Waals surface area (Å²) in [6, 6.07) is 15.8. The molecule has 174 valence electrons. The summed E-state index contributed by atoms with van der Waals surface area (Å²) in [5.41, 5.74) is 2.30. The second-order valence-electron chi connectivity index (χ2n) is 8.89. The van der Waals surface area contributed by atoms with Crippen LogP contribution in [0.1, 0.15) is 37.7 Å². The van der Waals surface area contributed by atoms with Crippen molar-refractivity contribution in [2.24, 2.45) is 5.92 Å². The SMILES string of the molecule is COCCCC[C@@](O)(c1cccc(Cl)c1-c1cnc2ccccc2c1)[C@@H]1CCCN(C=O)C1. The van der Waals surface area contributed by atoms with Gasteiger partial charge in [-0.1, -0.05) is 41.9 Å². The second-order valence-corrected chi connectivity index (χ2v) is 9.30. The number of para-hydroxylation sites is 1. The molecule has 0 aliphatic carbocycles. The van der Waals surface area contributed by atoms with Crippen LogP contribution in [-0.2, 0) is 15.1 Å². The van der Waals surface area contributed by atoms with Gasteiger partial charge in [0.1, 0.15) is 0 Å². The molecule has 0 bridgehead atoms. The topological polar surface area (TPSA) is 62.7 Å². The third-order valence-corrected chi connectivity index (χ3v) is 7.11. The number of aromatic nitrogens is 1. The number of pyridine rings is 1. The molecule has 6 heteroatoms. The number of carbonyl (C=O) groups is 1. The van der Waals surface area contributed by atoms with Crippen molar-refractivity contribution in [3.8, 4) is 11.1 Å². The number of halogens is 1. The quantitative estimate of drug-likeness (QED) is 0.337. The first kappa shape index (κ1) is 23.7. The zero-order chi connectivity index (χ0) is 23.3. The highest BCUT2D eigenvalue weighted by Gasteiger charge is 2.42. The van der Waals surface area contributed by atoms with Crippen molar-refractivity contribution in [1.82, 2.24) is 9.88 Å². The number of ether oxygens (including phenoxy) is 1. The Hall–Kier alpha value is -2.47. The molecule has 1 aliphatic rings. The van der Waals surface area contributed by atoms with Crippen molar-refractivity contribution in [3.63, 3.8) is 0 Å². The summed E-state index contributed by atoms with van der Waals surface area (Å²) in [6.45, 7) is 1.92. The van der Waals surface area contributed by atoms with Crippen LogP contribution in [-0.4, -0.2) is 48.2 Å². The van der Waals surface area contributed by atoms with E-state index in [0.29, 0.717) is 24.6 Å². The van der Waals surface area contributed by atoms with E-state index in [0.717, 1.165) is 66.2 Å². The fourth-order valence-corrected chi connectivity index (χ4v) is 5.36. The third-order valence-electron chi connectivity index (χ3n) is 6.79. The number of rotatable bonds is 9. The largest absolute Gasteiger partial charge is 0.385 e. The number of hydrogen-bond acceptors (Lipinski definition) is 4. The van der Waals surface area contributed by atoms with Gasteiger partial charge in [0.2, 0.25) is 6.41 Å². The lowest BCUT2D eigenvalue weighted by molar-refractivity contribution is -0.123. The molecule has 5 nitrogen and oxygen atoms in total. The van der Waals surface area contributed by atoms with Gasteiger partial charge in [0.25, 0.3) is 0 Å². The summed E-state index contributed by atoms with van der Waals surface area (Å²) < 4.78 is 5.23. The third kappa shape index (κ3) is 5.06. The number of piperidine rings is 1. The number of benzene rings is 2. The van der Waals surface area contributed by atoms with Gasteiger partial charge < -0.3 is 14.7 Å². The summed E-state index contributed by atoms with van der Waals surface area (Å²) in [4.78, 5) is 17.9. The van der Waals surface area contributed by atoms with E-state index in [2.05, 4.69) is 11.1 Å². The molecule has 1 aromatic heterocycles. The van der Waals surface area contributed by atoms with Crippen molar-refractivity contribution < 1.29 is 14.6 Å². The van der Waals surface area contributed by atoms with Gasteiger partial charge in [-0.05, 0) is 55.9 Å². The Bertz CT molecular complexity index is 1110. The van der Waals surface area contributed by atoms with Crippen LogP contribution < -0.4 is 0 Å². The lowest BCUT2D eigenvalue weighted by atomic mass is 9.72. The van der Waals surface area contributed by atoms with Gasteiger partial charge in [0, 0.05) is 60.5 Å². The number of fused-ring (bicyclic) bond motifs is 1. The van der Waals surface area contributed by atoms with Gasteiger partial charge in [0.15, 0.2) is 0 Å². The average molecular weight is 467 g/mol. The first-order valence-corrected chi connectivity index (χ1v) is 12.0. The fraction of sp³-hybridized carbons (Fsp3) is 0.407. The van der Waals surface area contributed by atoms with Crippen molar-refractivity contribution in [1.29, 1.82) is 0 Å². The van der Waals surface area contributed by atoms with Crippen LogP contribution in [0.15, 0.2) is 54.7 Å². The highest BCUT2D eigenvalue weighted by Crippen LogP contribution is 2.45. The first-order valence-electron chi connectivity index (χ1n) is 11.6. The molecule has 0 saturated carbocycles. The molecule has 4 rings (SSSR count). The van der Waals surface area contributed by atoms with E-state index in [-0.39, 0.29) is 5.92 Å². The Kier molecular flexibility index (Phi) is 7.63. The van der Waals surface area contributed by atoms with Crippen LogP contribution in [0.2, 0.25) is 5.02 Å². The van der Waals surface area contributed by atoms with Crippen molar-refractivity contribution in [2.45, 2.75) is 37.7 Å². The molecule has 2 aromatic carbocycles. The smallest absolute Gasteiger partial charge is 0.209 e. The Labute approximate surface area is 200 Å². The molecule has 0 unspecified atom stereocenters. The molecule has 2 atom stereocenters. The van der Waals surface area contributed by atoms with Gasteiger partial charge in [-0.3, -0.25) is 9.78 Å².